The molecule has 1 aromatic rings. The highest BCUT2D eigenvalue weighted by atomic mass is 16.7. The Kier molecular flexibility index (Phi) is 5.30. The molecule has 0 aliphatic carbocycles. The lowest BCUT2D eigenvalue weighted by atomic mass is 10.0. The van der Waals surface area contributed by atoms with Crippen molar-refractivity contribution < 1.29 is 14.3 Å². The van der Waals surface area contributed by atoms with Crippen LogP contribution in [0.1, 0.15) is 43.6 Å². The van der Waals surface area contributed by atoms with Crippen LogP contribution < -0.4 is 5.32 Å². The zero-order valence-corrected chi connectivity index (χ0v) is 14.5. The van der Waals surface area contributed by atoms with Crippen molar-refractivity contribution in [3.05, 3.63) is 18.0 Å². The Morgan fingerprint density at radius 1 is 1.33 bits per heavy atom. The molecule has 0 unspecified atom stereocenters. The first-order chi connectivity index (χ1) is 11.6. The zero-order chi connectivity index (χ0) is 17.0. The van der Waals surface area contributed by atoms with Crippen molar-refractivity contribution in [1.82, 2.24) is 14.9 Å². The van der Waals surface area contributed by atoms with E-state index >= 15 is 0 Å². The molecule has 1 spiro atoms. The van der Waals surface area contributed by atoms with Crippen molar-refractivity contribution in [2.24, 2.45) is 5.92 Å². The van der Waals surface area contributed by atoms with E-state index in [1.807, 2.05) is 4.90 Å². The summed E-state index contributed by atoms with van der Waals surface area (Å²) in [5.74, 6) is 0.601. The minimum Gasteiger partial charge on any atom is -0.354 e. The van der Waals surface area contributed by atoms with Gasteiger partial charge in [-0.1, -0.05) is 13.8 Å². The van der Waals surface area contributed by atoms with Crippen LogP contribution in [-0.4, -0.2) is 59.4 Å². The lowest BCUT2D eigenvalue weighted by molar-refractivity contribution is -0.181. The van der Waals surface area contributed by atoms with Gasteiger partial charge in [0, 0.05) is 38.7 Å². The Bertz CT molecular complexity index is 563. The summed E-state index contributed by atoms with van der Waals surface area (Å²) in [7, 11) is 0. The number of amides is 1. The molecule has 1 aromatic heterocycles. The predicted molar refractivity (Wildman–Crippen MR) is 89.7 cm³/mol. The van der Waals surface area contributed by atoms with E-state index in [2.05, 4.69) is 29.1 Å². The minimum absolute atomic E-state index is 0.0582. The first kappa shape index (κ1) is 17.1. The molecule has 0 aromatic carbocycles. The quantitative estimate of drug-likeness (QED) is 0.886. The fraction of sp³-hybridized carbons (Fsp3) is 0.706. The maximum absolute atomic E-state index is 12.7. The number of likely N-dealkylation sites (tertiary alicyclic amines) is 1. The molecule has 0 atom stereocenters. The summed E-state index contributed by atoms with van der Waals surface area (Å²) in [6.07, 6.45) is 4.09. The van der Waals surface area contributed by atoms with Crippen molar-refractivity contribution in [3.63, 3.8) is 0 Å². The Balaban J connectivity index is 1.57. The highest BCUT2D eigenvalue weighted by Crippen LogP contribution is 2.31. The molecule has 2 saturated heterocycles. The molecule has 1 amide bonds. The van der Waals surface area contributed by atoms with Gasteiger partial charge in [0.25, 0.3) is 5.91 Å². The highest BCUT2D eigenvalue weighted by molar-refractivity contribution is 5.92. The van der Waals surface area contributed by atoms with Gasteiger partial charge in [0.15, 0.2) is 5.79 Å². The average Bonchev–Trinajstić information content (AvgIpc) is 3.03. The molecular weight excluding hydrogens is 308 g/mol. The maximum atomic E-state index is 12.7. The van der Waals surface area contributed by atoms with Crippen molar-refractivity contribution in [1.29, 1.82) is 0 Å². The van der Waals surface area contributed by atoms with Gasteiger partial charge in [-0.05, 0) is 18.4 Å². The number of carbonyl (C=O) groups is 1. The number of piperidine rings is 1. The number of hydrogen-bond donors (Lipinski definition) is 1. The largest absolute Gasteiger partial charge is 0.354 e. The summed E-state index contributed by atoms with van der Waals surface area (Å²) in [5, 5.41) is 3.18. The van der Waals surface area contributed by atoms with E-state index in [1.54, 1.807) is 12.3 Å². The summed E-state index contributed by atoms with van der Waals surface area (Å²) in [6, 6.07) is 1.67. The van der Waals surface area contributed by atoms with Crippen LogP contribution in [0.3, 0.4) is 0 Å². The second-order valence-electron chi connectivity index (χ2n) is 6.77. The van der Waals surface area contributed by atoms with Gasteiger partial charge in [-0.15, -0.1) is 0 Å². The van der Waals surface area contributed by atoms with Crippen LogP contribution in [0, 0.1) is 5.92 Å². The molecule has 3 heterocycles. The second kappa shape index (κ2) is 7.44. The van der Waals surface area contributed by atoms with Gasteiger partial charge >= 0.3 is 0 Å². The van der Waals surface area contributed by atoms with E-state index in [1.165, 1.54) is 0 Å². The second-order valence-corrected chi connectivity index (χ2v) is 6.77. The molecule has 2 fully saturated rings. The number of rotatable bonds is 5. The monoisotopic (exact) mass is 334 g/mol. The summed E-state index contributed by atoms with van der Waals surface area (Å²) >= 11 is 0. The maximum Gasteiger partial charge on any atom is 0.272 e. The zero-order valence-electron chi connectivity index (χ0n) is 14.5. The highest BCUT2D eigenvalue weighted by Gasteiger charge is 2.41. The third-order valence-corrected chi connectivity index (χ3v) is 4.51. The normalized spacial score (nSPS) is 19.9. The summed E-state index contributed by atoms with van der Waals surface area (Å²) in [6.45, 7) is 7.68. The number of nitrogens with one attached hydrogen (secondary N) is 1. The Morgan fingerprint density at radius 3 is 2.71 bits per heavy atom. The van der Waals surface area contributed by atoms with Gasteiger partial charge in [-0.2, -0.15) is 0 Å². The van der Waals surface area contributed by atoms with Crippen molar-refractivity contribution in [2.45, 2.75) is 38.9 Å². The van der Waals surface area contributed by atoms with Crippen LogP contribution in [0.5, 0.6) is 0 Å². The number of hydrogen-bond acceptors (Lipinski definition) is 6. The molecule has 0 radical (unpaired) electrons. The Morgan fingerprint density at radius 2 is 2.04 bits per heavy atom. The topological polar surface area (TPSA) is 76.6 Å². The molecule has 1 N–H and O–H groups in total. The first-order valence-corrected chi connectivity index (χ1v) is 8.72. The summed E-state index contributed by atoms with van der Waals surface area (Å²) < 4.78 is 11.4. The molecule has 132 valence electrons. The van der Waals surface area contributed by atoms with Crippen LogP contribution in [-0.2, 0) is 9.47 Å². The fourth-order valence-corrected chi connectivity index (χ4v) is 3.03. The van der Waals surface area contributed by atoms with Crippen LogP contribution in [0.4, 0.5) is 5.95 Å². The number of carbonyl (C=O) groups excluding carboxylic acids is 1. The van der Waals surface area contributed by atoms with Crippen LogP contribution in [0.2, 0.25) is 0 Å². The summed E-state index contributed by atoms with van der Waals surface area (Å²) in [4.78, 5) is 23.0. The fourth-order valence-electron chi connectivity index (χ4n) is 3.03. The van der Waals surface area contributed by atoms with Gasteiger partial charge in [-0.25, -0.2) is 9.97 Å². The predicted octanol–water partition coefficient (Wildman–Crippen LogP) is 1.91. The third-order valence-electron chi connectivity index (χ3n) is 4.51. The molecule has 3 rings (SSSR count). The standard InChI is InChI=1S/C17H26N4O3/c1-13(2)3-7-18-16-19-8-4-14(20-16)15(22)21-9-5-17(6-10-21)23-11-12-24-17/h4,8,13H,3,5-7,9-12H2,1-2H3,(H,18,19,20). The van der Waals surface area contributed by atoms with Gasteiger partial charge in [0.05, 0.1) is 13.2 Å². The molecule has 7 heteroatoms. The number of aromatic nitrogens is 2. The van der Waals surface area contributed by atoms with Crippen LogP contribution in [0.15, 0.2) is 12.3 Å². The van der Waals surface area contributed by atoms with Crippen molar-refractivity contribution in [2.75, 3.05) is 38.2 Å². The van der Waals surface area contributed by atoms with E-state index in [0.29, 0.717) is 56.7 Å². The number of ether oxygens (including phenoxy) is 2. The number of anilines is 1. The first-order valence-electron chi connectivity index (χ1n) is 8.72. The van der Waals surface area contributed by atoms with E-state index in [9.17, 15) is 4.79 Å². The lowest BCUT2D eigenvalue weighted by Gasteiger charge is -2.37. The molecule has 2 aliphatic heterocycles. The number of nitrogens with zero attached hydrogens (tertiary/aromatic N) is 3. The Labute approximate surface area is 142 Å². The van der Waals surface area contributed by atoms with E-state index in [-0.39, 0.29) is 5.91 Å². The molecule has 0 saturated carbocycles. The van der Waals surface area contributed by atoms with E-state index in [0.717, 1.165) is 13.0 Å². The van der Waals surface area contributed by atoms with Crippen molar-refractivity contribution >= 4 is 11.9 Å². The van der Waals surface area contributed by atoms with Gasteiger partial charge in [0.2, 0.25) is 5.95 Å². The Hall–Kier alpha value is -1.73. The van der Waals surface area contributed by atoms with Gasteiger partial charge < -0.3 is 19.7 Å². The molecular formula is C17H26N4O3. The molecule has 2 aliphatic rings. The average molecular weight is 334 g/mol. The van der Waals surface area contributed by atoms with Gasteiger partial charge in [-0.3, -0.25) is 4.79 Å². The third kappa shape index (κ3) is 4.02. The minimum atomic E-state index is -0.466. The van der Waals surface area contributed by atoms with Crippen LogP contribution >= 0.6 is 0 Å². The van der Waals surface area contributed by atoms with E-state index < -0.39 is 5.79 Å². The summed E-state index contributed by atoms with van der Waals surface area (Å²) in [5.41, 5.74) is 0.432. The molecule has 7 nitrogen and oxygen atoms in total. The SMILES string of the molecule is CC(C)CCNc1nccc(C(=O)N2CCC3(CC2)OCCO3)n1. The molecule has 24 heavy (non-hydrogen) atoms. The molecule has 0 bridgehead atoms. The van der Waals surface area contributed by atoms with Gasteiger partial charge in [0.1, 0.15) is 5.69 Å². The lowest BCUT2D eigenvalue weighted by Crippen LogP contribution is -2.47. The van der Waals surface area contributed by atoms with E-state index in [4.69, 9.17) is 9.47 Å². The van der Waals surface area contributed by atoms with Crippen LogP contribution in [0.25, 0.3) is 0 Å². The smallest absolute Gasteiger partial charge is 0.272 e. The van der Waals surface area contributed by atoms with Crippen molar-refractivity contribution in [3.8, 4) is 0 Å².